The van der Waals surface area contributed by atoms with Gasteiger partial charge in [0.05, 0.1) is 5.67 Å². The van der Waals surface area contributed by atoms with Gasteiger partial charge in [-0.1, -0.05) is 6.92 Å². The maximum atomic E-state index is 8.50. The molecule has 0 aliphatic heterocycles. The van der Waals surface area contributed by atoms with E-state index in [2.05, 4.69) is 0 Å². The van der Waals surface area contributed by atoms with Gasteiger partial charge in [-0.25, -0.2) is 0 Å². The van der Waals surface area contributed by atoms with Crippen molar-refractivity contribution in [3.63, 3.8) is 0 Å². The van der Waals surface area contributed by atoms with Crippen LogP contribution in [0.3, 0.4) is 0 Å². The first-order chi connectivity index (χ1) is 6.58. The molecule has 2 N–H and O–H groups in total. The van der Waals surface area contributed by atoms with E-state index >= 15 is 0 Å². The summed E-state index contributed by atoms with van der Waals surface area (Å²) in [5, 5.41) is 0. The summed E-state index contributed by atoms with van der Waals surface area (Å²) in [6.45, 7) is 1.98. The van der Waals surface area contributed by atoms with Crippen LogP contribution in [0.25, 0.3) is 0 Å². The van der Waals surface area contributed by atoms with Crippen LogP contribution in [0.4, 0.5) is 0 Å². The van der Waals surface area contributed by atoms with Gasteiger partial charge in [-0.2, -0.15) is 0 Å². The van der Waals surface area contributed by atoms with Crippen LogP contribution in [0.2, 0.25) is 0 Å². The van der Waals surface area contributed by atoms with Gasteiger partial charge in [0.25, 0.3) is 0 Å². The van der Waals surface area contributed by atoms with Gasteiger partial charge in [-0.15, -0.1) is 0 Å². The van der Waals surface area contributed by atoms with E-state index in [-0.39, 0.29) is 5.67 Å². The molecule has 0 spiro atoms. The molecule has 0 aliphatic carbocycles. The van der Waals surface area contributed by atoms with Gasteiger partial charge < -0.3 is 19.0 Å². The normalized spacial score (nSPS) is 12.4. The number of hydrogen-bond donors (Lipinski definition) is 1. The summed E-state index contributed by atoms with van der Waals surface area (Å²) in [6, 6.07) is 0. The topological polar surface area (TPSA) is 87.8 Å². The fourth-order valence-corrected chi connectivity index (χ4v) is 2.86. The quantitative estimate of drug-likeness (QED) is 0.694. The summed E-state index contributed by atoms with van der Waals surface area (Å²) in [5.74, 6) is 0. The molecular formula is C6H17NO5SiTi. The van der Waals surface area contributed by atoms with Crippen molar-refractivity contribution in [3.8, 4) is 0 Å². The Labute approximate surface area is 94.0 Å². The van der Waals surface area contributed by atoms with Gasteiger partial charge in [0.1, 0.15) is 0 Å². The Bertz CT molecular complexity index is 163. The van der Waals surface area contributed by atoms with Crippen LogP contribution in [0.5, 0.6) is 0 Å². The molecule has 0 heterocycles. The van der Waals surface area contributed by atoms with Gasteiger partial charge in [-0.3, -0.25) is 0 Å². The van der Waals surface area contributed by atoms with E-state index in [1.54, 1.807) is 21.3 Å². The van der Waals surface area contributed by atoms with E-state index < -0.39 is 27.9 Å². The molecule has 0 bridgehead atoms. The third-order valence-corrected chi connectivity index (χ3v) is 4.77. The molecule has 0 radical (unpaired) electrons. The molecule has 6 nitrogen and oxygen atoms in total. The molecule has 14 heavy (non-hydrogen) atoms. The Kier molecular flexibility index (Phi) is 11.9. The Morgan fingerprint density at radius 3 is 1.57 bits per heavy atom. The van der Waals surface area contributed by atoms with Gasteiger partial charge in [0, 0.05) is 21.3 Å². The minimum atomic E-state index is -2.54. The fourth-order valence-electron chi connectivity index (χ4n) is 0.954. The van der Waals surface area contributed by atoms with Gasteiger partial charge in [-0.05, 0) is 6.42 Å². The Morgan fingerprint density at radius 2 is 1.50 bits per heavy atom. The molecule has 0 aliphatic rings. The van der Waals surface area contributed by atoms with Crippen molar-refractivity contribution in [1.82, 2.24) is 0 Å². The predicted molar refractivity (Wildman–Crippen MR) is 46.4 cm³/mol. The van der Waals surface area contributed by atoms with Crippen LogP contribution in [0.1, 0.15) is 13.3 Å². The van der Waals surface area contributed by atoms with Crippen molar-refractivity contribution in [2.75, 3.05) is 21.3 Å². The second kappa shape index (κ2) is 9.91. The van der Waals surface area contributed by atoms with Crippen LogP contribution < -0.4 is 5.73 Å². The maximum absolute atomic E-state index is 8.50. The first-order valence-electron chi connectivity index (χ1n) is 3.98. The number of rotatable bonds is 5. The standard InChI is InChI=1S/C6H17NO3Si.2O.Ti/c1-5-6(7)11(8-2,9-3)10-4;;;/h6H,5,7H2,1-4H3;;;. The molecule has 0 aromatic rings. The Morgan fingerprint density at radius 1 is 1.21 bits per heavy atom. The molecule has 1 atom stereocenters. The molecule has 84 valence electrons. The number of nitrogens with two attached hydrogens (primary N) is 1. The molecule has 8 heteroatoms. The SMILES string of the molecule is CCC(N)[Si](OC)(OC)OC.[O]=[Ti]=[O]. The summed E-state index contributed by atoms with van der Waals surface area (Å²) in [4.78, 5) is 0. The van der Waals surface area contributed by atoms with Gasteiger partial charge in [0.15, 0.2) is 0 Å². The van der Waals surface area contributed by atoms with Gasteiger partial charge in [0.2, 0.25) is 0 Å². The van der Waals surface area contributed by atoms with E-state index in [1.807, 2.05) is 6.92 Å². The zero-order chi connectivity index (χ0) is 11.6. The third-order valence-electron chi connectivity index (χ3n) is 1.75. The fraction of sp³-hybridized carbons (Fsp3) is 1.00. The minimum absolute atomic E-state index is 0.137. The molecule has 0 rings (SSSR count). The molecule has 0 saturated carbocycles. The zero-order valence-corrected chi connectivity index (χ0v) is 11.5. The zero-order valence-electron chi connectivity index (χ0n) is 8.90. The first kappa shape index (κ1) is 16.8. The van der Waals surface area contributed by atoms with Gasteiger partial charge >= 0.3 is 34.5 Å². The molecule has 1 unspecified atom stereocenters. The van der Waals surface area contributed by atoms with Crippen LogP contribution in [-0.4, -0.2) is 35.8 Å². The van der Waals surface area contributed by atoms with Crippen molar-refractivity contribution in [2.24, 2.45) is 5.73 Å². The van der Waals surface area contributed by atoms with Crippen molar-refractivity contribution < 1.29 is 39.0 Å². The van der Waals surface area contributed by atoms with E-state index in [0.717, 1.165) is 6.42 Å². The molecule has 0 saturated heterocycles. The predicted octanol–water partition coefficient (Wildman–Crippen LogP) is -0.0991. The van der Waals surface area contributed by atoms with Crippen LogP contribution in [0, 0.1) is 0 Å². The van der Waals surface area contributed by atoms with Crippen molar-refractivity contribution in [1.29, 1.82) is 0 Å². The van der Waals surface area contributed by atoms with E-state index in [1.165, 1.54) is 0 Å². The molecule has 0 aromatic carbocycles. The Hall–Kier alpha value is 0.371. The second-order valence-electron chi connectivity index (χ2n) is 2.31. The Balaban J connectivity index is 0. The third kappa shape index (κ3) is 5.30. The molecule has 0 aromatic heterocycles. The van der Waals surface area contributed by atoms with Crippen molar-refractivity contribution >= 4 is 8.80 Å². The van der Waals surface area contributed by atoms with E-state index in [0.29, 0.717) is 0 Å². The number of hydrogen-bond acceptors (Lipinski definition) is 6. The van der Waals surface area contributed by atoms with E-state index in [4.69, 9.17) is 25.7 Å². The average Bonchev–Trinajstić information content (AvgIpc) is 2.22. The van der Waals surface area contributed by atoms with Crippen LogP contribution >= 0.6 is 0 Å². The molecular weight excluding hydrogens is 242 g/mol. The second-order valence-corrected chi connectivity index (χ2v) is 5.75. The molecule has 0 amide bonds. The summed E-state index contributed by atoms with van der Waals surface area (Å²) >= 11 is -2.00. The average molecular weight is 259 g/mol. The van der Waals surface area contributed by atoms with Crippen LogP contribution in [-0.2, 0) is 39.0 Å². The summed E-state index contributed by atoms with van der Waals surface area (Å²) in [5.41, 5.74) is 5.63. The van der Waals surface area contributed by atoms with E-state index in [9.17, 15) is 0 Å². The summed E-state index contributed by atoms with van der Waals surface area (Å²) in [6.07, 6.45) is 0.793. The first-order valence-corrected chi connectivity index (χ1v) is 7.06. The van der Waals surface area contributed by atoms with Crippen LogP contribution in [0.15, 0.2) is 0 Å². The van der Waals surface area contributed by atoms with Crippen molar-refractivity contribution in [3.05, 3.63) is 0 Å². The summed E-state index contributed by atoms with van der Waals surface area (Å²) in [7, 11) is 2.15. The van der Waals surface area contributed by atoms with Crippen molar-refractivity contribution in [2.45, 2.75) is 19.0 Å². The summed E-state index contributed by atoms with van der Waals surface area (Å²) < 4.78 is 32.5. The monoisotopic (exact) mass is 259 g/mol. The molecule has 0 fully saturated rings.